The van der Waals surface area contributed by atoms with E-state index in [1.165, 1.54) is 0 Å². The van der Waals surface area contributed by atoms with E-state index < -0.39 is 11.6 Å². The lowest BCUT2D eigenvalue weighted by molar-refractivity contribution is -0.140. The van der Waals surface area contributed by atoms with E-state index >= 15 is 0 Å². The SMILES string of the molecule is O=C(CN1CN(c2ccccc2)C2(CCN(C(=O)c3cnc4[nH]ncc4c3)CC2)C1=O)N1CCC(O)C1. The van der Waals surface area contributed by atoms with Gasteiger partial charge in [-0.3, -0.25) is 19.5 Å². The third kappa shape index (κ3) is 4.08. The summed E-state index contributed by atoms with van der Waals surface area (Å²) >= 11 is 0. The molecule has 1 unspecified atom stereocenters. The van der Waals surface area contributed by atoms with Crippen molar-refractivity contribution in [3.05, 3.63) is 54.4 Å². The molecule has 0 bridgehead atoms. The molecule has 3 aliphatic rings. The number of H-pyrrole nitrogens is 1. The fourth-order valence-electron chi connectivity index (χ4n) is 5.77. The first kappa shape index (κ1) is 23.4. The van der Waals surface area contributed by atoms with E-state index in [-0.39, 0.29) is 24.3 Å². The van der Waals surface area contributed by atoms with E-state index in [0.717, 1.165) is 11.1 Å². The molecule has 2 aromatic heterocycles. The summed E-state index contributed by atoms with van der Waals surface area (Å²) in [5, 5.41) is 17.3. The molecule has 37 heavy (non-hydrogen) atoms. The molecule has 2 N–H and O–H groups in total. The molecule has 0 saturated carbocycles. The van der Waals surface area contributed by atoms with Crippen LogP contribution < -0.4 is 4.90 Å². The number of carbonyl (C=O) groups is 3. The van der Waals surface area contributed by atoms with Crippen molar-refractivity contribution in [1.82, 2.24) is 29.9 Å². The second-order valence-electron chi connectivity index (χ2n) is 10.0. The van der Waals surface area contributed by atoms with Gasteiger partial charge in [0.25, 0.3) is 11.8 Å². The number of anilines is 1. The average Bonchev–Trinajstić information content (AvgIpc) is 3.64. The van der Waals surface area contributed by atoms with Crippen LogP contribution in [0.1, 0.15) is 29.6 Å². The minimum Gasteiger partial charge on any atom is -0.391 e. The summed E-state index contributed by atoms with van der Waals surface area (Å²) in [6.07, 6.45) is 4.16. The maximum Gasteiger partial charge on any atom is 0.255 e. The van der Waals surface area contributed by atoms with Crippen LogP contribution in [0.4, 0.5) is 5.69 Å². The average molecular weight is 504 g/mol. The van der Waals surface area contributed by atoms with Gasteiger partial charge in [-0.1, -0.05) is 18.2 Å². The molecule has 1 atom stereocenters. The molecule has 1 aromatic carbocycles. The highest BCUT2D eigenvalue weighted by atomic mass is 16.3. The first-order valence-corrected chi connectivity index (χ1v) is 12.6. The predicted octanol–water partition coefficient (Wildman–Crippen LogP) is 0.832. The highest BCUT2D eigenvalue weighted by Gasteiger charge is 2.54. The van der Waals surface area contributed by atoms with E-state index in [1.807, 2.05) is 30.3 Å². The van der Waals surface area contributed by atoms with Crippen molar-refractivity contribution >= 4 is 34.4 Å². The number of piperidine rings is 1. The van der Waals surface area contributed by atoms with Crippen LogP contribution in [0.25, 0.3) is 11.0 Å². The number of hydrogen-bond donors (Lipinski definition) is 2. The zero-order chi connectivity index (χ0) is 25.6. The van der Waals surface area contributed by atoms with E-state index in [0.29, 0.717) is 63.3 Å². The molecule has 0 radical (unpaired) electrons. The summed E-state index contributed by atoms with van der Waals surface area (Å²) in [5.41, 5.74) is 1.21. The normalized spacial score (nSPS) is 21.4. The van der Waals surface area contributed by atoms with Gasteiger partial charge < -0.3 is 24.7 Å². The zero-order valence-corrected chi connectivity index (χ0v) is 20.4. The number of aromatic nitrogens is 3. The Labute approximate surface area is 213 Å². The Bertz CT molecular complexity index is 1330. The Balaban J connectivity index is 1.21. The molecule has 3 aromatic rings. The first-order chi connectivity index (χ1) is 17.9. The van der Waals surface area contributed by atoms with Crippen LogP contribution in [0.5, 0.6) is 0 Å². The number of nitrogens with one attached hydrogen (secondary N) is 1. The van der Waals surface area contributed by atoms with Gasteiger partial charge in [-0.25, -0.2) is 4.98 Å². The molecule has 1 spiro atoms. The zero-order valence-electron chi connectivity index (χ0n) is 20.4. The smallest absolute Gasteiger partial charge is 0.255 e. The standard InChI is InChI=1S/C26H29N7O4/c34-21-6-9-31(15-21)22(35)16-32-17-33(20-4-2-1-3-5-20)26(25(32)37)7-10-30(11-8-26)24(36)19-12-18-14-28-29-23(18)27-13-19/h1-5,12-14,21,34H,6-11,15-17H2,(H,27,28,29). The van der Waals surface area contributed by atoms with Gasteiger partial charge in [0.15, 0.2) is 5.65 Å². The van der Waals surface area contributed by atoms with Crippen molar-refractivity contribution in [2.45, 2.75) is 30.9 Å². The summed E-state index contributed by atoms with van der Waals surface area (Å²) in [7, 11) is 0. The van der Waals surface area contributed by atoms with Crippen molar-refractivity contribution in [3.63, 3.8) is 0 Å². The Morgan fingerprint density at radius 3 is 2.59 bits per heavy atom. The topological polar surface area (TPSA) is 126 Å². The molecule has 3 fully saturated rings. The maximum absolute atomic E-state index is 13.9. The van der Waals surface area contributed by atoms with Crippen LogP contribution in [0.3, 0.4) is 0 Å². The lowest BCUT2D eigenvalue weighted by atomic mass is 9.85. The highest BCUT2D eigenvalue weighted by Crippen LogP contribution is 2.39. The van der Waals surface area contributed by atoms with Crippen LogP contribution in [-0.2, 0) is 9.59 Å². The summed E-state index contributed by atoms with van der Waals surface area (Å²) in [6, 6.07) is 11.5. The number of hydrogen-bond acceptors (Lipinski definition) is 7. The third-order valence-corrected chi connectivity index (χ3v) is 7.84. The van der Waals surface area contributed by atoms with Crippen LogP contribution >= 0.6 is 0 Å². The second-order valence-corrected chi connectivity index (χ2v) is 10.0. The number of benzene rings is 1. The molecule has 192 valence electrons. The Morgan fingerprint density at radius 1 is 1.08 bits per heavy atom. The lowest BCUT2D eigenvalue weighted by Gasteiger charge is -2.43. The van der Waals surface area contributed by atoms with Gasteiger partial charge >= 0.3 is 0 Å². The van der Waals surface area contributed by atoms with Crippen molar-refractivity contribution in [1.29, 1.82) is 0 Å². The van der Waals surface area contributed by atoms with E-state index in [2.05, 4.69) is 20.1 Å². The molecule has 0 aliphatic carbocycles. The van der Waals surface area contributed by atoms with Gasteiger partial charge in [-0.2, -0.15) is 5.10 Å². The van der Waals surface area contributed by atoms with E-state index in [1.54, 1.807) is 33.2 Å². The molecule has 3 aliphatic heterocycles. The minimum atomic E-state index is -0.824. The molecule has 11 nitrogen and oxygen atoms in total. The number of amides is 3. The third-order valence-electron chi connectivity index (χ3n) is 7.84. The number of rotatable bonds is 4. The number of aliphatic hydroxyl groups is 1. The summed E-state index contributed by atoms with van der Waals surface area (Å²) < 4.78 is 0. The second kappa shape index (κ2) is 9.15. The number of β-amino-alcohol motifs (C(OH)–C–C–N with tert-alkyl or cyclic N) is 1. The number of aromatic amines is 1. The van der Waals surface area contributed by atoms with Crippen LogP contribution in [0.2, 0.25) is 0 Å². The van der Waals surface area contributed by atoms with Gasteiger partial charge in [0.1, 0.15) is 12.1 Å². The van der Waals surface area contributed by atoms with Crippen molar-refractivity contribution in [3.8, 4) is 0 Å². The number of para-hydroxylation sites is 1. The molecule has 6 rings (SSSR count). The number of nitrogens with zero attached hydrogens (tertiary/aromatic N) is 6. The van der Waals surface area contributed by atoms with Crippen LogP contribution in [-0.4, -0.2) is 104 Å². The predicted molar refractivity (Wildman–Crippen MR) is 134 cm³/mol. The minimum absolute atomic E-state index is 0.0182. The largest absolute Gasteiger partial charge is 0.391 e. The first-order valence-electron chi connectivity index (χ1n) is 12.6. The Morgan fingerprint density at radius 2 is 1.86 bits per heavy atom. The fraction of sp³-hybridized carbons (Fsp3) is 0.423. The van der Waals surface area contributed by atoms with Crippen molar-refractivity contribution < 1.29 is 19.5 Å². The van der Waals surface area contributed by atoms with E-state index in [9.17, 15) is 19.5 Å². The highest BCUT2D eigenvalue weighted by molar-refractivity contribution is 5.98. The Kier molecular flexibility index (Phi) is 5.79. The maximum atomic E-state index is 13.9. The van der Waals surface area contributed by atoms with Gasteiger partial charge in [0.05, 0.1) is 24.5 Å². The van der Waals surface area contributed by atoms with Crippen molar-refractivity contribution in [2.24, 2.45) is 0 Å². The molecule has 3 amide bonds. The Hall–Kier alpha value is -3.99. The van der Waals surface area contributed by atoms with Crippen LogP contribution in [0, 0.1) is 0 Å². The van der Waals surface area contributed by atoms with Gasteiger partial charge in [-0.05, 0) is 37.5 Å². The van der Waals surface area contributed by atoms with Gasteiger partial charge in [-0.15, -0.1) is 0 Å². The van der Waals surface area contributed by atoms with Crippen molar-refractivity contribution in [2.75, 3.05) is 44.3 Å². The molecular weight excluding hydrogens is 474 g/mol. The number of fused-ring (bicyclic) bond motifs is 1. The molecule has 5 heterocycles. The summed E-state index contributed by atoms with van der Waals surface area (Å²) in [6.45, 7) is 1.93. The summed E-state index contributed by atoms with van der Waals surface area (Å²) in [5.74, 6) is -0.357. The molecule has 11 heteroatoms. The summed E-state index contributed by atoms with van der Waals surface area (Å²) in [4.78, 5) is 51.4. The quantitative estimate of drug-likeness (QED) is 0.540. The van der Waals surface area contributed by atoms with E-state index in [4.69, 9.17) is 0 Å². The monoisotopic (exact) mass is 503 g/mol. The fourth-order valence-corrected chi connectivity index (χ4v) is 5.77. The molecular formula is C26H29N7O4. The van der Waals surface area contributed by atoms with Crippen LogP contribution in [0.15, 0.2) is 48.8 Å². The van der Waals surface area contributed by atoms with Gasteiger partial charge in [0, 0.05) is 43.4 Å². The number of pyridine rings is 1. The van der Waals surface area contributed by atoms with Gasteiger partial charge in [0.2, 0.25) is 5.91 Å². The molecule has 3 saturated heterocycles. The number of carbonyl (C=O) groups excluding carboxylic acids is 3. The lowest BCUT2D eigenvalue weighted by Crippen LogP contribution is -2.57. The number of likely N-dealkylation sites (tertiary alicyclic amines) is 2. The number of aliphatic hydroxyl groups excluding tert-OH is 1.